The number of sulfonamides is 1. The van der Waals surface area contributed by atoms with Crippen molar-refractivity contribution in [3.8, 4) is 6.07 Å². The molecule has 4 nitrogen and oxygen atoms in total. The van der Waals surface area contributed by atoms with Crippen molar-refractivity contribution in [1.29, 1.82) is 5.26 Å². The van der Waals surface area contributed by atoms with Crippen molar-refractivity contribution < 1.29 is 17.2 Å². The van der Waals surface area contributed by atoms with Crippen molar-refractivity contribution in [2.75, 3.05) is 0 Å². The Hall–Kier alpha value is -2.56. The van der Waals surface area contributed by atoms with E-state index < -0.39 is 26.6 Å². The fraction of sp³-hybridized carbons (Fsp3) is 0.211. The number of rotatable bonds is 3. The van der Waals surface area contributed by atoms with Gasteiger partial charge in [-0.05, 0) is 72.2 Å². The molecule has 3 rings (SSSR count). The third kappa shape index (κ3) is 3.26. The van der Waals surface area contributed by atoms with Gasteiger partial charge in [-0.3, -0.25) is 0 Å². The third-order valence-corrected chi connectivity index (χ3v) is 5.51. The molecular weight excluding hydrogens is 358 g/mol. The minimum atomic E-state index is -4.49. The van der Waals surface area contributed by atoms with Crippen LogP contribution in [0.1, 0.15) is 41.5 Å². The lowest BCUT2D eigenvalue weighted by atomic mass is 9.94. The first kappa shape index (κ1) is 18.2. The lowest BCUT2D eigenvalue weighted by Crippen LogP contribution is -2.16. The van der Waals surface area contributed by atoms with Gasteiger partial charge in [0.1, 0.15) is 11.6 Å². The van der Waals surface area contributed by atoms with Crippen LogP contribution in [0.5, 0.6) is 0 Å². The molecule has 0 saturated heterocycles. The smallest absolute Gasteiger partial charge is 0.224 e. The van der Waals surface area contributed by atoms with Gasteiger partial charge >= 0.3 is 0 Å². The number of primary sulfonamides is 1. The Bertz CT molecular complexity index is 1060. The molecule has 0 aliphatic heterocycles. The maximum atomic E-state index is 14.2. The summed E-state index contributed by atoms with van der Waals surface area (Å²) < 4.78 is 51.1. The predicted molar refractivity (Wildman–Crippen MR) is 94.3 cm³/mol. The summed E-state index contributed by atoms with van der Waals surface area (Å²) in [5.74, 6) is -2.41. The SMILES string of the molecule is Cc1ccc(C2=C(c3cc(F)c(S(N)(=O)=O)c(F)c3)CCC2)cc1C#N. The van der Waals surface area contributed by atoms with Crippen molar-refractivity contribution in [1.82, 2.24) is 0 Å². The van der Waals surface area contributed by atoms with Crippen molar-refractivity contribution in [3.05, 3.63) is 64.2 Å². The first-order valence-corrected chi connectivity index (χ1v) is 9.52. The van der Waals surface area contributed by atoms with Crippen LogP contribution in [0, 0.1) is 29.9 Å². The zero-order valence-corrected chi connectivity index (χ0v) is 14.8. The Morgan fingerprint density at radius 2 is 1.62 bits per heavy atom. The van der Waals surface area contributed by atoms with Crippen LogP contribution in [0.3, 0.4) is 0 Å². The van der Waals surface area contributed by atoms with Crippen molar-refractivity contribution in [2.45, 2.75) is 31.1 Å². The summed E-state index contributed by atoms with van der Waals surface area (Å²) in [5.41, 5.74) is 4.17. The van der Waals surface area contributed by atoms with Gasteiger partial charge in [-0.15, -0.1) is 0 Å². The normalized spacial score (nSPS) is 14.6. The second kappa shape index (κ2) is 6.63. The largest absolute Gasteiger partial charge is 0.243 e. The van der Waals surface area contributed by atoms with E-state index in [0.717, 1.165) is 40.8 Å². The van der Waals surface area contributed by atoms with E-state index in [0.29, 0.717) is 24.0 Å². The molecule has 7 heteroatoms. The van der Waals surface area contributed by atoms with Gasteiger partial charge in [-0.2, -0.15) is 5.26 Å². The van der Waals surface area contributed by atoms with E-state index in [4.69, 9.17) is 5.14 Å². The third-order valence-electron chi connectivity index (χ3n) is 4.56. The summed E-state index contributed by atoms with van der Waals surface area (Å²) in [4.78, 5) is -1.12. The number of nitrogens with two attached hydrogens (primary N) is 1. The molecule has 26 heavy (non-hydrogen) atoms. The van der Waals surface area contributed by atoms with E-state index >= 15 is 0 Å². The zero-order valence-electron chi connectivity index (χ0n) is 14.0. The standard InChI is InChI=1S/C19H16F2N2O2S/c1-11-5-6-12(7-14(11)10-22)15-3-2-4-16(15)13-8-17(20)19(18(21)9-13)26(23,24)25/h5-9H,2-4H2,1H3,(H2,23,24,25). The molecule has 0 spiro atoms. The minimum absolute atomic E-state index is 0.291. The number of hydrogen-bond acceptors (Lipinski definition) is 3. The van der Waals surface area contributed by atoms with Crippen LogP contribution in [0.15, 0.2) is 35.2 Å². The highest BCUT2D eigenvalue weighted by Gasteiger charge is 2.25. The molecule has 0 radical (unpaired) electrons. The second-order valence-electron chi connectivity index (χ2n) is 6.27. The number of aryl methyl sites for hydroxylation is 1. The molecule has 134 valence electrons. The van der Waals surface area contributed by atoms with Gasteiger partial charge < -0.3 is 0 Å². The van der Waals surface area contributed by atoms with Gasteiger partial charge in [0.25, 0.3) is 0 Å². The van der Waals surface area contributed by atoms with Crippen LogP contribution < -0.4 is 5.14 Å². The highest BCUT2D eigenvalue weighted by Crippen LogP contribution is 2.41. The van der Waals surface area contributed by atoms with E-state index in [1.165, 1.54) is 0 Å². The number of benzene rings is 2. The van der Waals surface area contributed by atoms with Crippen LogP contribution >= 0.6 is 0 Å². The lowest BCUT2D eigenvalue weighted by molar-refractivity contribution is 0.519. The first-order chi connectivity index (χ1) is 12.2. The fourth-order valence-corrected chi connectivity index (χ4v) is 3.98. The zero-order chi connectivity index (χ0) is 19.1. The molecule has 1 aliphatic carbocycles. The van der Waals surface area contributed by atoms with E-state index in [1.807, 2.05) is 19.1 Å². The van der Waals surface area contributed by atoms with Crippen molar-refractivity contribution in [2.24, 2.45) is 5.14 Å². The molecule has 2 aromatic rings. The topological polar surface area (TPSA) is 84.0 Å². The van der Waals surface area contributed by atoms with Gasteiger partial charge in [-0.25, -0.2) is 22.3 Å². The number of allylic oxidation sites excluding steroid dienone is 2. The molecule has 0 saturated carbocycles. The Morgan fingerprint density at radius 3 is 2.15 bits per heavy atom. The molecule has 0 atom stereocenters. The van der Waals surface area contributed by atoms with E-state index in [9.17, 15) is 22.5 Å². The average molecular weight is 374 g/mol. The molecule has 0 heterocycles. The monoisotopic (exact) mass is 374 g/mol. The van der Waals surface area contributed by atoms with Crippen LogP contribution in [-0.4, -0.2) is 8.42 Å². The molecule has 2 N–H and O–H groups in total. The highest BCUT2D eigenvalue weighted by atomic mass is 32.2. The Balaban J connectivity index is 2.17. The molecular formula is C19H16F2N2O2S. The number of nitrogens with zero attached hydrogens (tertiary/aromatic N) is 1. The van der Waals surface area contributed by atoms with E-state index in [2.05, 4.69) is 6.07 Å². The maximum absolute atomic E-state index is 14.2. The molecule has 0 aromatic heterocycles. The molecule has 2 aromatic carbocycles. The molecule has 0 amide bonds. The van der Waals surface area contributed by atoms with Crippen molar-refractivity contribution >= 4 is 21.2 Å². The number of halogens is 2. The van der Waals surface area contributed by atoms with Crippen LogP contribution in [0.2, 0.25) is 0 Å². The maximum Gasteiger partial charge on any atom is 0.243 e. The Morgan fingerprint density at radius 1 is 1.04 bits per heavy atom. The van der Waals surface area contributed by atoms with E-state index in [1.54, 1.807) is 6.07 Å². The first-order valence-electron chi connectivity index (χ1n) is 7.97. The number of nitriles is 1. The fourth-order valence-electron chi connectivity index (χ4n) is 3.32. The molecule has 0 fully saturated rings. The predicted octanol–water partition coefficient (Wildman–Crippen LogP) is 3.89. The Labute approximate surface area is 150 Å². The lowest BCUT2D eigenvalue weighted by Gasteiger charge is -2.11. The summed E-state index contributed by atoms with van der Waals surface area (Å²) in [6.45, 7) is 1.84. The second-order valence-corrected chi connectivity index (χ2v) is 7.76. The molecule has 0 unspecified atom stereocenters. The average Bonchev–Trinajstić information content (AvgIpc) is 3.03. The number of hydrogen-bond donors (Lipinski definition) is 1. The highest BCUT2D eigenvalue weighted by molar-refractivity contribution is 7.89. The van der Waals surface area contributed by atoms with Gasteiger partial charge in [0.15, 0.2) is 4.90 Å². The minimum Gasteiger partial charge on any atom is -0.224 e. The van der Waals surface area contributed by atoms with Gasteiger partial charge in [0.05, 0.1) is 11.6 Å². The summed E-state index contributed by atoms with van der Waals surface area (Å²) in [5, 5.41) is 14.1. The summed E-state index contributed by atoms with van der Waals surface area (Å²) in [6, 6.07) is 9.62. The van der Waals surface area contributed by atoms with Crippen LogP contribution in [0.25, 0.3) is 11.1 Å². The molecule has 0 bridgehead atoms. The van der Waals surface area contributed by atoms with Gasteiger partial charge in [0, 0.05) is 0 Å². The van der Waals surface area contributed by atoms with Crippen LogP contribution in [0.4, 0.5) is 8.78 Å². The quantitative estimate of drug-likeness (QED) is 0.885. The van der Waals surface area contributed by atoms with Gasteiger partial charge in [0.2, 0.25) is 10.0 Å². The Kier molecular flexibility index (Phi) is 4.65. The van der Waals surface area contributed by atoms with Gasteiger partial charge in [-0.1, -0.05) is 12.1 Å². The summed E-state index contributed by atoms with van der Waals surface area (Å²) in [6.07, 6.45) is 2.13. The molecule has 1 aliphatic rings. The van der Waals surface area contributed by atoms with E-state index in [-0.39, 0.29) is 0 Å². The summed E-state index contributed by atoms with van der Waals surface area (Å²) in [7, 11) is -4.49. The summed E-state index contributed by atoms with van der Waals surface area (Å²) >= 11 is 0. The van der Waals surface area contributed by atoms with Crippen molar-refractivity contribution in [3.63, 3.8) is 0 Å². The van der Waals surface area contributed by atoms with Crippen LogP contribution in [-0.2, 0) is 10.0 Å².